The lowest BCUT2D eigenvalue weighted by atomic mass is 10.1. The van der Waals surface area contributed by atoms with E-state index in [1.165, 1.54) is 17.0 Å². The molecule has 0 aliphatic heterocycles. The Bertz CT molecular complexity index is 1330. The van der Waals surface area contributed by atoms with E-state index >= 15 is 0 Å². The van der Waals surface area contributed by atoms with Crippen LogP contribution in [0.1, 0.15) is 39.7 Å². The number of ether oxygens (including phenoxy) is 1. The van der Waals surface area contributed by atoms with Gasteiger partial charge in [0.05, 0.1) is 17.2 Å². The molecule has 0 aliphatic rings. The molecule has 0 bridgehead atoms. The van der Waals surface area contributed by atoms with E-state index in [2.05, 4.69) is 5.32 Å². The van der Waals surface area contributed by atoms with Gasteiger partial charge in [0.1, 0.15) is 18.3 Å². The number of carbonyl (C=O) groups is 2. The third-order valence-electron chi connectivity index (χ3n) is 6.35. The molecule has 0 radical (unpaired) electrons. The molecule has 0 aliphatic carbocycles. The first kappa shape index (κ1) is 30.7. The molecule has 1 N–H and O–H groups in total. The average molecular weight is 566 g/mol. The van der Waals surface area contributed by atoms with Crippen LogP contribution in [-0.4, -0.2) is 56.9 Å². The molecule has 3 rings (SSSR count). The Labute approximate surface area is 238 Å². The SMILES string of the molecule is CCOc1ccc(S(=O)(=O)N(CC(=O)N(CCc2ccccc2)C(CC)C(=O)NC(C)C)c2ccccc2)cc1. The number of benzene rings is 3. The van der Waals surface area contributed by atoms with Crippen LogP contribution in [0.5, 0.6) is 5.75 Å². The number of rotatable bonds is 14. The Morgan fingerprint density at radius 2 is 1.48 bits per heavy atom. The van der Waals surface area contributed by atoms with Crippen molar-refractivity contribution in [2.75, 3.05) is 24.0 Å². The van der Waals surface area contributed by atoms with Crippen molar-refractivity contribution in [3.05, 3.63) is 90.5 Å². The maximum atomic E-state index is 14.0. The van der Waals surface area contributed by atoms with Gasteiger partial charge in [-0.2, -0.15) is 0 Å². The summed E-state index contributed by atoms with van der Waals surface area (Å²) in [5.74, 6) is -0.169. The lowest BCUT2D eigenvalue weighted by molar-refractivity contribution is -0.139. The Morgan fingerprint density at radius 3 is 2.02 bits per heavy atom. The fraction of sp³-hybridized carbons (Fsp3) is 0.355. The van der Waals surface area contributed by atoms with Gasteiger partial charge in [0, 0.05) is 12.6 Å². The molecule has 8 nitrogen and oxygen atoms in total. The van der Waals surface area contributed by atoms with Gasteiger partial charge in [0.15, 0.2) is 0 Å². The number of hydrogen-bond donors (Lipinski definition) is 1. The van der Waals surface area contributed by atoms with E-state index in [1.54, 1.807) is 42.5 Å². The topological polar surface area (TPSA) is 96.0 Å². The Balaban J connectivity index is 1.97. The molecule has 1 unspecified atom stereocenters. The largest absolute Gasteiger partial charge is 0.494 e. The Kier molecular flexibility index (Phi) is 11.1. The molecule has 0 spiro atoms. The minimum Gasteiger partial charge on any atom is -0.494 e. The Hall–Kier alpha value is -3.85. The van der Waals surface area contributed by atoms with Crippen molar-refractivity contribution in [2.45, 2.75) is 57.5 Å². The van der Waals surface area contributed by atoms with Crippen LogP contribution in [0.4, 0.5) is 5.69 Å². The van der Waals surface area contributed by atoms with Gasteiger partial charge in [-0.05, 0) is 75.6 Å². The zero-order valence-corrected chi connectivity index (χ0v) is 24.4. The molecule has 40 heavy (non-hydrogen) atoms. The molecule has 2 amide bonds. The predicted octanol–water partition coefficient (Wildman–Crippen LogP) is 4.66. The number of sulfonamides is 1. The zero-order valence-electron chi connectivity index (χ0n) is 23.6. The van der Waals surface area contributed by atoms with Crippen molar-refractivity contribution < 1.29 is 22.7 Å². The van der Waals surface area contributed by atoms with E-state index in [9.17, 15) is 18.0 Å². The van der Waals surface area contributed by atoms with Gasteiger partial charge in [-0.3, -0.25) is 13.9 Å². The first-order valence-corrected chi connectivity index (χ1v) is 15.1. The van der Waals surface area contributed by atoms with E-state index in [0.29, 0.717) is 30.9 Å². The number of nitrogens with one attached hydrogen (secondary N) is 1. The highest BCUT2D eigenvalue weighted by Crippen LogP contribution is 2.26. The molecule has 9 heteroatoms. The van der Waals surface area contributed by atoms with Crippen molar-refractivity contribution >= 4 is 27.5 Å². The van der Waals surface area contributed by atoms with E-state index < -0.39 is 28.5 Å². The smallest absolute Gasteiger partial charge is 0.264 e. The summed E-state index contributed by atoms with van der Waals surface area (Å²) in [6.45, 7) is 7.68. The highest BCUT2D eigenvalue weighted by Gasteiger charge is 2.33. The van der Waals surface area contributed by atoms with Crippen molar-refractivity contribution in [3.8, 4) is 5.75 Å². The molecule has 0 saturated heterocycles. The fourth-order valence-electron chi connectivity index (χ4n) is 4.40. The number of hydrogen-bond acceptors (Lipinski definition) is 5. The minimum absolute atomic E-state index is 0.0352. The summed E-state index contributed by atoms with van der Waals surface area (Å²) in [5, 5.41) is 2.91. The number of anilines is 1. The van der Waals surface area contributed by atoms with Crippen molar-refractivity contribution in [1.82, 2.24) is 10.2 Å². The number of carbonyl (C=O) groups excluding carboxylic acids is 2. The highest BCUT2D eigenvalue weighted by atomic mass is 32.2. The van der Waals surface area contributed by atoms with Crippen LogP contribution < -0.4 is 14.4 Å². The predicted molar refractivity (Wildman–Crippen MR) is 158 cm³/mol. The van der Waals surface area contributed by atoms with Gasteiger partial charge in [-0.1, -0.05) is 55.5 Å². The maximum absolute atomic E-state index is 14.0. The van der Waals surface area contributed by atoms with Crippen molar-refractivity contribution in [3.63, 3.8) is 0 Å². The summed E-state index contributed by atoms with van der Waals surface area (Å²) in [5.41, 5.74) is 1.37. The van der Waals surface area contributed by atoms with Crippen LogP contribution in [0.25, 0.3) is 0 Å². The summed E-state index contributed by atoms with van der Waals surface area (Å²) in [7, 11) is -4.12. The highest BCUT2D eigenvalue weighted by molar-refractivity contribution is 7.92. The quantitative estimate of drug-likeness (QED) is 0.307. The molecule has 214 valence electrons. The van der Waals surface area contributed by atoms with Crippen LogP contribution in [0, 0.1) is 0 Å². The number of nitrogens with zero attached hydrogens (tertiary/aromatic N) is 2. The van der Waals surface area contributed by atoms with Gasteiger partial charge in [-0.25, -0.2) is 8.42 Å². The first-order valence-electron chi connectivity index (χ1n) is 13.6. The second-order valence-electron chi connectivity index (χ2n) is 9.66. The summed E-state index contributed by atoms with van der Waals surface area (Å²) in [6.07, 6.45) is 0.908. The molecular formula is C31H39N3O5S. The lowest BCUT2D eigenvalue weighted by Crippen LogP contribution is -2.54. The zero-order chi connectivity index (χ0) is 29.1. The molecule has 0 fully saturated rings. The second-order valence-corrected chi connectivity index (χ2v) is 11.5. The van der Waals surface area contributed by atoms with Gasteiger partial charge in [0.2, 0.25) is 11.8 Å². The summed E-state index contributed by atoms with van der Waals surface area (Å²) < 4.78 is 34.4. The molecular weight excluding hydrogens is 526 g/mol. The van der Waals surface area contributed by atoms with Gasteiger partial charge < -0.3 is 15.0 Å². The monoisotopic (exact) mass is 565 g/mol. The molecule has 0 aromatic heterocycles. The molecule has 0 saturated carbocycles. The third-order valence-corrected chi connectivity index (χ3v) is 8.13. The molecule has 3 aromatic rings. The summed E-state index contributed by atoms with van der Waals surface area (Å²) in [6, 6.07) is 23.5. The maximum Gasteiger partial charge on any atom is 0.264 e. The standard InChI is InChI=1S/C31H39N3O5S/c1-5-29(31(36)32-24(3)4)33(22-21-25-13-9-7-10-14-25)30(35)23-34(26-15-11-8-12-16-26)40(37,38)28-19-17-27(18-20-28)39-6-2/h7-20,24,29H,5-6,21-23H2,1-4H3,(H,32,36). The lowest BCUT2D eigenvalue weighted by Gasteiger charge is -2.33. The number of amides is 2. The van der Waals surface area contributed by atoms with Gasteiger partial charge >= 0.3 is 0 Å². The van der Waals surface area contributed by atoms with Crippen molar-refractivity contribution in [2.24, 2.45) is 0 Å². The summed E-state index contributed by atoms with van der Waals surface area (Å²) in [4.78, 5) is 28.7. The van der Waals surface area contributed by atoms with E-state index in [1.807, 2.05) is 58.0 Å². The second kappa shape index (κ2) is 14.5. The van der Waals surface area contributed by atoms with E-state index in [0.717, 1.165) is 9.87 Å². The Morgan fingerprint density at radius 1 is 0.875 bits per heavy atom. The van der Waals surface area contributed by atoms with Gasteiger partial charge in [-0.15, -0.1) is 0 Å². The van der Waals surface area contributed by atoms with Crippen LogP contribution in [-0.2, 0) is 26.0 Å². The average Bonchev–Trinajstić information content (AvgIpc) is 2.94. The first-order chi connectivity index (χ1) is 19.2. The minimum atomic E-state index is -4.12. The van der Waals surface area contributed by atoms with E-state index in [4.69, 9.17) is 4.74 Å². The van der Waals surface area contributed by atoms with Gasteiger partial charge in [0.25, 0.3) is 10.0 Å². The number of para-hydroxylation sites is 1. The van der Waals surface area contributed by atoms with E-state index in [-0.39, 0.29) is 23.4 Å². The van der Waals surface area contributed by atoms with Crippen LogP contribution in [0.2, 0.25) is 0 Å². The van der Waals surface area contributed by atoms with Crippen LogP contribution in [0.15, 0.2) is 89.8 Å². The summed E-state index contributed by atoms with van der Waals surface area (Å²) >= 11 is 0. The molecule has 0 heterocycles. The molecule has 3 aromatic carbocycles. The fourth-order valence-corrected chi connectivity index (χ4v) is 5.82. The van der Waals surface area contributed by atoms with Crippen molar-refractivity contribution in [1.29, 1.82) is 0 Å². The molecule has 1 atom stereocenters. The normalized spacial score (nSPS) is 12.0. The van der Waals surface area contributed by atoms with Crippen LogP contribution >= 0.6 is 0 Å². The third kappa shape index (κ3) is 8.08. The van der Waals surface area contributed by atoms with Crippen LogP contribution in [0.3, 0.4) is 0 Å².